The van der Waals surface area contributed by atoms with Gasteiger partial charge < -0.3 is 10.1 Å². The average molecular weight is 384 g/mol. The molecular formula is C21H25N3O2S. The first-order valence-corrected chi connectivity index (χ1v) is 9.62. The molecule has 1 amide bonds. The van der Waals surface area contributed by atoms with Crippen molar-refractivity contribution in [3.8, 4) is 5.75 Å². The fraction of sp³-hybridized carbons (Fsp3) is 0.333. The Bertz CT molecular complexity index is 819. The van der Waals surface area contributed by atoms with Gasteiger partial charge in [-0.2, -0.15) is 0 Å². The summed E-state index contributed by atoms with van der Waals surface area (Å²) in [5, 5.41) is 3.35. The molecule has 0 heterocycles. The van der Waals surface area contributed by atoms with Gasteiger partial charge in [0.05, 0.1) is 0 Å². The second kappa shape index (κ2) is 8.86. The van der Waals surface area contributed by atoms with Crippen LogP contribution in [0.1, 0.15) is 42.9 Å². The number of ether oxygens (including phenoxy) is 1. The zero-order valence-electron chi connectivity index (χ0n) is 15.7. The highest BCUT2D eigenvalue weighted by atomic mass is 32.1. The largest absolute Gasteiger partial charge is 0.484 e. The number of carbonyl (C=O) groups is 1. The van der Waals surface area contributed by atoms with Gasteiger partial charge in [-0.25, -0.2) is 0 Å². The van der Waals surface area contributed by atoms with Gasteiger partial charge in [0, 0.05) is 5.69 Å². The summed E-state index contributed by atoms with van der Waals surface area (Å²) in [6, 6.07) is 14.0. The smallest absolute Gasteiger partial charge is 0.276 e. The summed E-state index contributed by atoms with van der Waals surface area (Å²) < 4.78 is 5.56. The monoisotopic (exact) mass is 383 g/mol. The van der Waals surface area contributed by atoms with Crippen LogP contribution in [-0.4, -0.2) is 17.6 Å². The molecule has 0 spiro atoms. The predicted octanol–water partition coefficient (Wildman–Crippen LogP) is 3.70. The third kappa shape index (κ3) is 5.44. The molecule has 0 atom stereocenters. The predicted molar refractivity (Wildman–Crippen MR) is 112 cm³/mol. The second-order valence-corrected chi connectivity index (χ2v) is 7.39. The van der Waals surface area contributed by atoms with E-state index in [9.17, 15) is 4.79 Å². The Morgan fingerprint density at radius 1 is 1.07 bits per heavy atom. The number of fused-ring (bicyclic) bond motifs is 1. The van der Waals surface area contributed by atoms with Crippen LogP contribution in [0.3, 0.4) is 0 Å². The fourth-order valence-electron chi connectivity index (χ4n) is 3.06. The molecule has 1 aliphatic carbocycles. The molecule has 0 aromatic heterocycles. The molecule has 0 fully saturated rings. The molecule has 142 valence electrons. The van der Waals surface area contributed by atoms with Crippen LogP contribution in [0.2, 0.25) is 0 Å². The minimum Gasteiger partial charge on any atom is -0.484 e. The van der Waals surface area contributed by atoms with Crippen molar-refractivity contribution in [2.45, 2.75) is 39.0 Å². The van der Waals surface area contributed by atoms with Gasteiger partial charge in [0.2, 0.25) is 0 Å². The van der Waals surface area contributed by atoms with Crippen molar-refractivity contribution in [2.75, 3.05) is 11.9 Å². The first kappa shape index (κ1) is 19.2. The Balaban J connectivity index is 1.40. The number of hydrogen-bond donors (Lipinski definition) is 3. The summed E-state index contributed by atoms with van der Waals surface area (Å²) >= 11 is 5.19. The molecule has 1 aliphatic rings. The van der Waals surface area contributed by atoms with E-state index in [0.717, 1.165) is 24.3 Å². The van der Waals surface area contributed by atoms with Crippen LogP contribution < -0.4 is 20.9 Å². The molecule has 2 aromatic carbocycles. The van der Waals surface area contributed by atoms with Crippen molar-refractivity contribution in [3.63, 3.8) is 0 Å². The zero-order valence-corrected chi connectivity index (χ0v) is 16.5. The number of anilines is 1. The number of hydrogen-bond acceptors (Lipinski definition) is 3. The summed E-state index contributed by atoms with van der Waals surface area (Å²) in [6.07, 6.45) is 3.40. The molecule has 0 radical (unpaired) electrons. The second-order valence-electron chi connectivity index (χ2n) is 6.98. The Morgan fingerprint density at radius 2 is 1.81 bits per heavy atom. The van der Waals surface area contributed by atoms with Gasteiger partial charge in [0.15, 0.2) is 11.7 Å². The maximum atomic E-state index is 11.9. The van der Waals surface area contributed by atoms with E-state index >= 15 is 0 Å². The number of benzene rings is 2. The number of hydrazine groups is 1. The van der Waals surface area contributed by atoms with E-state index in [0.29, 0.717) is 11.0 Å². The van der Waals surface area contributed by atoms with Crippen molar-refractivity contribution >= 4 is 28.9 Å². The van der Waals surface area contributed by atoms with Gasteiger partial charge in [-0.15, -0.1) is 0 Å². The minimum atomic E-state index is -0.296. The van der Waals surface area contributed by atoms with Crippen molar-refractivity contribution in [1.82, 2.24) is 10.9 Å². The van der Waals surface area contributed by atoms with Crippen LogP contribution in [-0.2, 0) is 17.6 Å². The summed E-state index contributed by atoms with van der Waals surface area (Å²) in [4.78, 5) is 11.9. The first-order chi connectivity index (χ1) is 13.0. The SMILES string of the molecule is CC(C)c1ccc(NC(=S)NNC(=O)COc2ccc3c(c2)CCC3)cc1. The lowest BCUT2D eigenvalue weighted by Crippen LogP contribution is -2.45. The van der Waals surface area contributed by atoms with Crippen molar-refractivity contribution in [3.05, 3.63) is 59.2 Å². The number of amides is 1. The quantitative estimate of drug-likeness (QED) is 0.543. The molecule has 2 aromatic rings. The normalized spacial score (nSPS) is 12.4. The number of rotatable bonds is 5. The Morgan fingerprint density at radius 3 is 2.56 bits per heavy atom. The molecule has 0 unspecified atom stereocenters. The summed E-state index contributed by atoms with van der Waals surface area (Å²) in [6.45, 7) is 4.22. The van der Waals surface area contributed by atoms with Crippen LogP contribution in [0.25, 0.3) is 0 Å². The van der Waals surface area contributed by atoms with Crippen LogP contribution >= 0.6 is 12.2 Å². The van der Waals surface area contributed by atoms with E-state index in [4.69, 9.17) is 17.0 Å². The van der Waals surface area contributed by atoms with Gasteiger partial charge in [0.1, 0.15) is 5.75 Å². The van der Waals surface area contributed by atoms with Crippen LogP contribution in [0.5, 0.6) is 5.75 Å². The number of thiocarbonyl (C=S) groups is 1. The molecule has 0 saturated carbocycles. The summed E-state index contributed by atoms with van der Waals surface area (Å²) in [5.74, 6) is 0.903. The molecule has 0 saturated heterocycles. The van der Waals surface area contributed by atoms with Crippen LogP contribution in [0.4, 0.5) is 5.69 Å². The van der Waals surface area contributed by atoms with Gasteiger partial charge in [-0.3, -0.25) is 15.6 Å². The van der Waals surface area contributed by atoms with Gasteiger partial charge in [0.25, 0.3) is 5.91 Å². The first-order valence-electron chi connectivity index (χ1n) is 9.21. The lowest BCUT2D eigenvalue weighted by atomic mass is 10.0. The average Bonchev–Trinajstić information content (AvgIpc) is 3.13. The molecule has 3 rings (SSSR count). The molecule has 5 nitrogen and oxygen atoms in total. The molecule has 0 aliphatic heterocycles. The highest BCUT2D eigenvalue weighted by Crippen LogP contribution is 2.25. The molecule has 6 heteroatoms. The molecule has 27 heavy (non-hydrogen) atoms. The Labute approximate surface area is 165 Å². The highest BCUT2D eigenvalue weighted by molar-refractivity contribution is 7.80. The summed E-state index contributed by atoms with van der Waals surface area (Å²) in [7, 11) is 0. The number of carbonyl (C=O) groups excluding carboxylic acids is 1. The van der Waals surface area contributed by atoms with E-state index in [1.54, 1.807) is 0 Å². The molecule has 3 N–H and O–H groups in total. The van der Waals surface area contributed by atoms with Crippen LogP contribution in [0, 0.1) is 0 Å². The van der Waals surface area contributed by atoms with Crippen molar-refractivity contribution in [2.24, 2.45) is 0 Å². The Kier molecular flexibility index (Phi) is 6.29. The van der Waals surface area contributed by atoms with Crippen molar-refractivity contribution in [1.29, 1.82) is 0 Å². The lowest BCUT2D eigenvalue weighted by Gasteiger charge is -2.13. The molecule has 0 bridgehead atoms. The highest BCUT2D eigenvalue weighted by Gasteiger charge is 2.12. The third-order valence-electron chi connectivity index (χ3n) is 4.59. The summed E-state index contributed by atoms with van der Waals surface area (Å²) in [5.41, 5.74) is 10.0. The standard InChI is InChI=1S/C21H25N3O2S/c1-14(2)15-6-9-18(10-7-15)22-21(27)24-23-20(25)13-26-19-11-8-16-4-3-5-17(16)12-19/h6-12,14H,3-5,13H2,1-2H3,(H,23,25)(H2,22,24,27). The number of aryl methyl sites for hydroxylation is 2. The van der Waals surface area contributed by atoms with E-state index in [2.05, 4.69) is 48.2 Å². The number of nitrogens with one attached hydrogen (secondary N) is 3. The van der Waals surface area contributed by atoms with E-state index in [1.807, 2.05) is 24.3 Å². The minimum absolute atomic E-state index is 0.0719. The van der Waals surface area contributed by atoms with Gasteiger partial charge in [-0.05, 0) is 78.4 Å². The van der Waals surface area contributed by atoms with Crippen molar-refractivity contribution < 1.29 is 9.53 Å². The maximum Gasteiger partial charge on any atom is 0.276 e. The van der Waals surface area contributed by atoms with E-state index < -0.39 is 0 Å². The fourth-order valence-corrected chi connectivity index (χ4v) is 3.23. The lowest BCUT2D eigenvalue weighted by molar-refractivity contribution is -0.123. The van der Waals surface area contributed by atoms with E-state index in [-0.39, 0.29) is 12.5 Å². The topological polar surface area (TPSA) is 62.4 Å². The van der Waals surface area contributed by atoms with Gasteiger partial charge in [-0.1, -0.05) is 32.0 Å². The molecular weight excluding hydrogens is 358 g/mol. The van der Waals surface area contributed by atoms with Gasteiger partial charge >= 0.3 is 0 Å². The Hall–Kier alpha value is -2.60. The maximum absolute atomic E-state index is 11.9. The van der Waals surface area contributed by atoms with E-state index in [1.165, 1.54) is 23.1 Å². The van der Waals surface area contributed by atoms with Crippen LogP contribution in [0.15, 0.2) is 42.5 Å². The zero-order chi connectivity index (χ0) is 19.2. The third-order valence-corrected chi connectivity index (χ3v) is 4.79.